The number of carbonyl (C=O) groups is 1. The summed E-state index contributed by atoms with van der Waals surface area (Å²) in [6, 6.07) is 9.92. The molecule has 6 heteroatoms. The van der Waals surface area contributed by atoms with Crippen LogP contribution in [0, 0.1) is 6.92 Å². The average Bonchev–Trinajstić information content (AvgIpc) is 3.24. The molecule has 0 saturated carbocycles. The summed E-state index contributed by atoms with van der Waals surface area (Å²) in [6.07, 6.45) is 2.82. The molecule has 0 bridgehead atoms. The zero-order valence-electron chi connectivity index (χ0n) is 13.2. The van der Waals surface area contributed by atoms with E-state index in [9.17, 15) is 4.79 Å². The maximum absolute atomic E-state index is 12.6. The summed E-state index contributed by atoms with van der Waals surface area (Å²) < 4.78 is 0. The summed E-state index contributed by atoms with van der Waals surface area (Å²) in [6.45, 7) is 1.83. The van der Waals surface area contributed by atoms with Crippen LogP contribution in [-0.2, 0) is 12.8 Å². The standard InChI is InChI=1S/C18H16N4OS/c1-11-19-14-9-5-8-13(14)16(20-11)17(23)22-18-21-15(10-24-18)12-6-3-2-4-7-12/h2-4,6-7,10H,5,8-9H2,1H3,(H,21,22,23). The summed E-state index contributed by atoms with van der Waals surface area (Å²) in [4.78, 5) is 25.9. The van der Waals surface area contributed by atoms with Crippen LogP contribution in [0.4, 0.5) is 5.13 Å². The van der Waals surface area contributed by atoms with Crippen LogP contribution in [0.15, 0.2) is 35.7 Å². The zero-order chi connectivity index (χ0) is 16.5. The molecule has 0 spiro atoms. The molecule has 0 atom stereocenters. The van der Waals surface area contributed by atoms with E-state index in [-0.39, 0.29) is 5.91 Å². The fourth-order valence-electron chi connectivity index (χ4n) is 2.97. The highest BCUT2D eigenvalue weighted by Crippen LogP contribution is 2.26. The first-order valence-corrected chi connectivity index (χ1v) is 8.77. The van der Waals surface area contributed by atoms with E-state index in [0.717, 1.165) is 41.8 Å². The maximum atomic E-state index is 12.6. The van der Waals surface area contributed by atoms with Crippen molar-refractivity contribution in [3.63, 3.8) is 0 Å². The minimum atomic E-state index is -0.201. The summed E-state index contributed by atoms with van der Waals surface area (Å²) >= 11 is 1.42. The van der Waals surface area contributed by atoms with Crippen molar-refractivity contribution in [2.75, 3.05) is 5.32 Å². The molecule has 1 amide bonds. The number of amides is 1. The second-order valence-corrected chi connectivity index (χ2v) is 6.61. The highest BCUT2D eigenvalue weighted by Gasteiger charge is 2.23. The molecule has 0 fully saturated rings. The van der Waals surface area contributed by atoms with E-state index >= 15 is 0 Å². The highest BCUT2D eigenvalue weighted by molar-refractivity contribution is 7.14. The lowest BCUT2D eigenvalue weighted by molar-refractivity contribution is 0.102. The summed E-state index contributed by atoms with van der Waals surface area (Å²) in [5, 5.41) is 5.41. The van der Waals surface area contributed by atoms with Crippen LogP contribution in [0.5, 0.6) is 0 Å². The largest absolute Gasteiger partial charge is 0.296 e. The van der Waals surface area contributed by atoms with E-state index < -0.39 is 0 Å². The van der Waals surface area contributed by atoms with Gasteiger partial charge < -0.3 is 0 Å². The smallest absolute Gasteiger partial charge is 0.276 e. The first kappa shape index (κ1) is 15.0. The van der Waals surface area contributed by atoms with Gasteiger partial charge >= 0.3 is 0 Å². The van der Waals surface area contributed by atoms with Gasteiger partial charge in [-0.1, -0.05) is 30.3 Å². The van der Waals surface area contributed by atoms with Crippen molar-refractivity contribution in [1.82, 2.24) is 15.0 Å². The molecule has 0 saturated heterocycles. The Morgan fingerprint density at radius 1 is 1.12 bits per heavy atom. The van der Waals surface area contributed by atoms with Gasteiger partial charge in [0.25, 0.3) is 5.91 Å². The molecule has 2 heterocycles. The van der Waals surface area contributed by atoms with Crippen molar-refractivity contribution in [3.8, 4) is 11.3 Å². The number of aromatic nitrogens is 3. The van der Waals surface area contributed by atoms with Crippen LogP contribution >= 0.6 is 11.3 Å². The summed E-state index contributed by atoms with van der Waals surface area (Å²) in [7, 11) is 0. The molecule has 1 aliphatic carbocycles. The number of fused-ring (bicyclic) bond motifs is 1. The van der Waals surface area contributed by atoms with Gasteiger partial charge in [0.15, 0.2) is 5.13 Å². The number of hydrogen-bond acceptors (Lipinski definition) is 5. The molecule has 4 rings (SSSR count). The van der Waals surface area contributed by atoms with Crippen LogP contribution in [0.3, 0.4) is 0 Å². The highest BCUT2D eigenvalue weighted by atomic mass is 32.1. The Kier molecular flexibility index (Phi) is 3.82. The maximum Gasteiger partial charge on any atom is 0.276 e. The Morgan fingerprint density at radius 2 is 1.96 bits per heavy atom. The van der Waals surface area contributed by atoms with Crippen LogP contribution in [-0.4, -0.2) is 20.9 Å². The molecule has 1 N–H and O–H groups in total. The lowest BCUT2D eigenvalue weighted by Crippen LogP contribution is -2.17. The van der Waals surface area contributed by atoms with E-state index in [1.807, 2.05) is 42.6 Å². The van der Waals surface area contributed by atoms with Crippen molar-refractivity contribution >= 4 is 22.4 Å². The Labute approximate surface area is 143 Å². The predicted octanol–water partition coefficient (Wildman–Crippen LogP) is 3.65. The molecule has 2 aromatic heterocycles. The van der Waals surface area contributed by atoms with Crippen LogP contribution in [0.1, 0.15) is 34.0 Å². The quantitative estimate of drug-likeness (QED) is 0.793. The molecule has 0 radical (unpaired) electrons. The number of rotatable bonds is 3. The van der Waals surface area contributed by atoms with Gasteiger partial charge in [-0.3, -0.25) is 10.1 Å². The van der Waals surface area contributed by atoms with Gasteiger partial charge in [0.2, 0.25) is 0 Å². The number of thiazole rings is 1. The van der Waals surface area contributed by atoms with Crippen molar-refractivity contribution in [2.24, 2.45) is 0 Å². The molecule has 1 aliphatic rings. The van der Waals surface area contributed by atoms with Gasteiger partial charge in [-0.05, 0) is 26.2 Å². The molecule has 1 aromatic carbocycles. The number of nitrogens with one attached hydrogen (secondary N) is 1. The number of benzene rings is 1. The molecule has 24 heavy (non-hydrogen) atoms. The van der Waals surface area contributed by atoms with Gasteiger partial charge in [0.05, 0.1) is 5.69 Å². The fraction of sp³-hybridized carbons (Fsp3) is 0.222. The lowest BCUT2D eigenvalue weighted by atomic mass is 10.1. The SMILES string of the molecule is Cc1nc2c(c(C(=O)Nc3nc(-c4ccccc4)cs3)n1)CCC2. The molecule has 5 nitrogen and oxygen atoms in total. The van der Waals surface area contributed by atoms with Crippen molar-refractivity contribution in [3.05, 3.63) is 58.5 Å². The van der Waals surface area contributed by atoms with Crippen molar-refractivity contribution < 1.29 is 4.79 Å². The molecule has 3 aromatic rings. The Balaban J connectivity index is 1.59. The fourth-order valence-corrected chi connectivity index (χ4v) is 3.69. The lowest BCUT2D eigenvalue weighted by Gasteiger charge is -2.07. The van der Waals surface area contributed by atoms with E-state index in [0.29, 0.717) is 16.6 Å². The second-order valence-electron chi connectivity index (χ2n) is 5.76. The van der Waals surface area contributed by atoms with E-state index in [1.165, 1.54) is 11.3 Å². The van der Waals surface area contributed by atoms with Gasteiger partial charge in [-0.2, -0.15) is 0 Å². The number of anilines is 1. The second kappa shape index (κ2) is 6.13. The van der Waals surface area contributed by atoms with Crippen LogP contribution in [0.25, 0.3) is 11.3 Å². The molecular weight excluding hydrogens is 320 g/mol. The van der Waals surface area contributed by atoms with E-state index in [4.69, 9.17) is 0 Å². The van der Waals surface area contributed by atoms with Gasteiger partial charge in [0, 0.05) is 22.2 Å². The van der Waals surface area contributed by atoms with Gasteiger partial charge in [0.1, 0.15) is 11.5 Å². The number of hydrogen-bond donors (Lipinski definition) is 1. The molecule has 0 unspecified atom stereocenters. The topological polar surface area (TPSA) is 67.8 Å². The number of aryl methyl sites for hydroxylation is 2. The van der Waals surface area contributed by atoms with E-state index in [2.05, 4.69) is 20.3 Å². The van der Waals surface area contributed by atoms with Crippen LogP contribution in [0.2, 0.25) is 0 Å². The molecule has 120 valence electrons. The number of carbonyl (C=O) groups excluding carboxylic acids is 1. The minimum absolute atomic E-state index is 0.201. The number of nitrogens with zero attached hydrogens (tertiary/aromatic N) is 3. The Hall–Kier alpha value is -2.60. The third-order valence-electron chi connectivity index (χ3n) is 4.05. The third-order valence-corrected chi connectivity index (χ3v) is 4.81. The van der Waals surface area contributed by atoms with Crippen molar-refractivity contribution in [2.45, 2.75) is 26.2 Å². The Bertz CT molecular complexity index is 905. The summed E-state index contributed by atoms with van der Waals surface area (Å²) in [5.74, 6) is 0.442. The van der Waals surface area contributed by atoms with Crippen molar-refractivity contribution in [1.29, 1.82) is 0 Å². The third kappa shape index (κ3) is 2.80. The predicted molar refractivity (Wildman–Crippen MR) is 94.3 cm³/mol. The van der Waals surface area contributed by atoms with Gasteiger partial charge in [-0.15, -0.1) is 11.3 Å². The van der Waals surface area contributed by atoms with Crippen LogP contribution < -0.4 is 5.32 Å². The Morgan fingerprint density at radius 3 is 2.79 bits per heavy atom. The van der Waals surface area contributed by atoms with Gasteiger partial charge in [-0.25, -0.2) is 15.0 Å². The van der Waals surface area contributed by atoms with E-state index in [1.54, 1.807) is 0 Å². The first-order valence-electron chi connectivity index (χ1n) is 7.89. The molecular formula is C18H16N4OS. The first-order chi connectivity index (χ1) is 11.7. The zero-order valence-corrected chi connectivity index (χ0v) is 14.1. The molecule has 0 aliphatic heterocycles. The monoisotopic (exact) mass is 336 g/mol. The minimum Gasteiger partial charge on any atom is -0.296 e. The summed E-state index contributed by atoms with van der Waals surface area (Å²) in [5.41, 5.74) is 4.38. The average molecular weight is 336 g/mol. The normalized spacial score (nSPS) is 12.9.